The van der Waals surface area contributed by atoms with Crippen molar-refractivity contribution in [3.63, 3.8) is 0 Å². The van der Waals surface area contributed by atoms with E-state index in [1.54, 1.807) is 13.8 Å². The molecule has 1 fully saturated rings. The van der Waals surface area contributed by atoms with Crippen LogP contribution in [-0.2, 0) is 14.3 Å². The van der Waals surface area contributed by atoms with Crippen molar-refractivity contribution in [3.05, 3.63) is 12.1 Å². The normalized spacial score (nSPS) is 32.1. The van der Waals surface area contributed by atoms with Crippen LogP contribution in [0.1, 0.15) is 18.0 Å². The van der Waals surface area contributed by atoms with E-state index in [2.05, 4.69) is 0 Å². The van der Waals surface area contributed by atoms with Crippen LogP contribution in [0.5, 0.6) is 0 Å². The van der Waals surface area contributed by atoms with Gasteiger partial charge < -0.3 is 14.6 Å². The smallest absolute Gasteiger partial charge is 0.180 e. The van der Waals surface area contributed by atoms with Gasteiger partial charge in [-0.15, -0.1) is 0 Å². The predicted molar refractivity (Wildman–Crippen MR) is 46.1 cm³/mol. The first-order chi connectivity index (χ1) is 7.12. The summed E-state index contributed by atoms with van der Waals surface area (Å²) in [7, 11) is 0. The van der Waals surface area contributed by atoms with Crippen LogP contribution in [0.4, 0.5) is 0 Å². The molecule has 74 valence electrons. The standard InChI is InChI=1S/C9H14O4/c1-9(2)12-6-8(13-9)4-3-7(11)5-10/h3-4,8,10H,5-6H2,1-2H3/b4-3+/t8-/m1/s1/i3D,5D2. The van der Waals surface area contributed by atoms with Crippen LogP contribution in [-0.4, -0.2) is 35.9 Å². The quantitative estimate of drug-likeness (QED) is 0.647. The first kappa shape index (κ1) is 6.70. The number of ketones is 1. The highest BCUT2D eigenvalue weighted by Gasteiger charge is 2.30. The molecule has 0 aliphatic carbocycles. The molecule has 1 aliphatic rings. The molecule has 0 saturated carbocycles. The van der Waals surface area contributed by atoms with E-state index in [9.17, 15) is 4.79 Å². The molecule has 1 saturated heterocycles. The third-order valence-electron chi connectivity index (χ3n) is 1.53. The van der Waals surface area contributed by atoms with Crippen molar-refractivity contribution < 1.29 is 23.5 Å². The number of hydrogen-bond acceptors (Lipinski definition) is 4. The molecule has 0 radical (unpaired) electrons. The molecule has 0 aromatic carbocycles. The minimum absolute atomic E-state index is 0.192. The molecular formula is C9H14O4. The molecule has 4 nitrogen and oxygen atoms in total. The summed E-state index contributed by atoms with van der Waals surface area (Å²) >= 11 is 0. The van der Waals surface area contributed by atoms with E-state index in [0.29, 0.717) is 0 Å². The lowest BCUT2D eigenvalue weighted by molar-refractivity contribution is -0.133. The van der Waals surface area contributed by atoms with E-state index >= 15 is 0 Å². The van der Waals surface area contributed by atoms with Gasteiger partial charge in [-0.05, 0) is 26.0 Å². The number of carbonyl (C=O) groups is 1. The fraction of sp³-hybridized carbons (Fsp3) is 0.667. The van der Waals surface area contributed by atoms with Gasteiger partial charge >= 0.3 is 0 Å². The van der Waals surface area contributed by atoms with Gasteiger partial charge in [-0.25, -0.2) is 0 Å². The van der Waals surface area contributed by atoms with Crippen LogP contribution in [0.15, 0.2) is 12.1 Å². The monoisotopic (exact) mass is 189 g/mol. The first-order valence-electron chi connectivity index (χ1n) is 5.39. The second kappa shape index (κ2) is 4.00. The highest BCUT2D eigenvalue weighted by atomic mass is 16.7. The van der Waals surface area contributed by atoms with Crippen molar-refractivity contribution in [1.82, 2.24) is 0 Å². The molecule has 0 spiro atoms. The van der Waals surface area contributed by atoms with Gasteiger partial charge in [0.05, 0.1) is 10.7 Å². The first-order valence-corrected chi connectivity index (χ1v) is 3.89. The highest BCUT2D eigenvalue weighted by molar-refractivity contribution is 5.90. The van der Waals surface area contributed by atoms with Gasteiger partial charge in [-0.2, -0.15) is 0 Å². The van der Waals surface area contributed by atoms with Crippen LogP contribution in [0.3, 0.4) is 0 Å². The second-order valence-corrected chi connectivity index (χ2v) is 3.12. The molecule has 1 aliphatic heterocycles. The second-order valence-electron chi connectivity index (χ2n) is 3.12. The molecule has 0 amide bonds. The maximum absolute atomic E-state index is 11.1. The summed E-state index contributed by atoms with van der Waals surface area (Å²) in [6.07, 6.45) is 0.555. The van der Waals surface area contributed by atoms with Crippen molar-refractivity contribution in [1.29, 1.82) is 0 Å². The summed E-state index contributed by atoms with van der Waals surface area (Å²) in [4.78, 5) is 11.1. The number of aliphatic hydroxyl groups is 1. The molecule has 1 heterocycles. The Bertz CT molecular complexity index is 319. The minimum Gasteiger partial charge on any atom is -0.388 e. The fourth-order valence-electron chi connectivity index (χ4n) is 0.998. The van der Waals surface area contributed by atoms with Gasteiger partial charge in [0.1, 0.15) is 12.7 Å². The number of rotatable bonds is 3. The molecule has 13 heavy (non-hydrogen) atoms. The lowest BCUT2D eigenvalue weighted by Crippen LogP contribution is -2.20. The zero-order chi connectivity index (χ0) is 12.6. The minimum atomic E-state index is -3.03. The molecule has 1 rings (SSSR count). The Morgan fingerprint density at radius 2 is 2.62 bits per heavy atom. The highest BCUT2D eigenvalue weighted by Crippen LogP contribution is 2.22. The molecule has 4 heteroatoms. The van der Waals surface area contributed by atoms with Crippen molar-refractivity contribution in [2.45, 2.75) is 25.7 Å². The average Bonchev–Trinajstić information content (AvgIpc) is 2.42. The summed E-state index contributed by atoms with van der Waals surface area (Å²) in [5.41, 5.74) is 0. The van der Waals surface area contributed by atoms with E-state index in [-0.39, 0.29) is 6.61 Å². The predicted octanol–water partition coefficient (Wildman–Crippen LogP) is 0.256. The third-order valence-corrected chi connectivity index (χ3v) is 1.53. The van der Waals surface area contributed by atoms with E-state index in [1.165, 1.54) is 0 Å². The molecule has 0 aromatic heterocycles. The molecule has 0 bridgehead atoms. The zero-order valence-corrected chi connectivity index (χ0v) is 7.53. The molecule has 1 N–H and O–H groups in total. The number of carbonyl (C=O) groups excluding carboxylic acids is 1. The van der Waals surface area contributed by atoms with Gasteiger partial charge in [0.2, 0.25) is 0 Å². The maximum Gasteiger partial charge on any atom is 0.180 e. The van der Waals surface area contributed by atoms with Crippen LogP contribution in [0.25, 0.3) is 0 Å². The van der Waals surface area contributed by atoms with Gasteiger partial charge in [-0.3, -0.25) is 4.79 Å². The Labute approximate surface area is 81.4 Å². The summed E-state index contributed by atoms with van der Waals surface area (Å²) in [5.74, 6) is -2.07. The van der Waals surface area contributed by atoms with Crippen molar-refractivity contribution in [2.24, 2.45) is 0 Å². The molecule has 0 unspecified atom stereocenters. The molecule has 0 aromatic rings. The Balaban J connectivity index is 2.69. The van der Waals surface area contributed by atoms with Crippen molar-refractivity contribution >= 4 is 5.78 Å². The zero-order valence-electron chi connectivity index (χ0n) is 10.5. The number of hydrogen-bond donors (Lipinski definition) is 1. The van der Waals surface area contributed by atoms with Crippen LogP contribution in [0, 0.1) is 0 Å². The maximum atomic E-state index is 11.1. The van der Waals surface area contributed by atoms with Crippen molar-refractivity contribution in [2.75, 3.05) is 13.2 Å². The Morgan fingerprint density at radius 3 is 3.08 bits per heavy atom. The van der Waals surface area contributed by atoms with E-state index < -0.39 is 30.3 Å². The third kappa shape index (κ3) is 3.26. The molecule has 1 atom stereocenters. The van der Waals surface area contributed by atoms with Gasteiger partial charge in [-0.1, -0.05) is 0 Å². The van der Waals surface area contributed by atoms with Crippen LogP contribution >= 0.6 is 0 Å². The number of ether oxygens (including phenoxy) is 2. The SMILES string of the molecule is [2H]/C(=C\[C@@H]1COC(C)(C)O1)C(=O)C([2H])([2H])O. The largest absolute Gasteiger partial charge is 0.388 e. The van der Waals surface area contributed by atoms with Gasteiger partial charge in [0, 0.05) is 0 Å². The summed E-state index contributed by atoms with van der Waals surface area (Å²) in [5, 5.41) is 8.78. The van der Waals surface area contributed by atoms with Gasteiger partial charge in [0.25, 0.3) is 0 Å². The summed E-state index contributed by atoms with van der Waals surface area (Å²) < 4.78 is 31.3. The van der Waals surface area contributed by atoms with E-state index in [4.69, 9.17) is 18.7 Å². The Kier molecular flexibility index (Phi) is 2.06. The van der Waals surface area contributed by atoms with Crippen LogP contribution in [0.2, 0.25) is 0 Å². The lowest BCUT2D eigenvalue weighted by atomic mass is 10.3. The molecular weight excluding hydrogens is 172 g/mol. The Hall–Kier alpha value is -0.710. The summed E-state index contributed by atoms with van der Waals surface area (Å²) in [6.45, 7) is 0.550. The fourth-order valence-corrected chi connectivity index (χ4v) is 0.998. The van der Waals surface area contributed by atoms with E-state index in [1.807, 2.05) is 0 Å². The van der Waals surface area contributed by atoms with Crippen molar-refractivity contribution in [3.8, 4) is 0 Å². The topological polar surface area (TPSA) is 55.8 Å². The Morgan fingerprint density at radius 1 is 1.92 bits per heavy atom. The average molecular weight is 189 g/mol. The lowest BCUT2D eigenvalue weighted by Gasteiger charge is -2.15. The van der Waals surface area contributed by atoms with Crippen LogP contribution < -0.4 is 0 Å². The summed E-state index contributed by atoms with van der Waals surface area (Å²) in [6, 6.07) is -0.626. The van der Waals surface area contributed by atoms with E-state index in [0.717, 1.165) is 6.08 Å². The van der Waals surface area contributed by atoms with Gasteiger partial charge in [0.15, 0.2) is 11.6 Å².